The molecule has 0 radical (unpaired) electrons. The Hall–Kier alpha value is -2.40. The summed E-state index contributed by atoms with van der Waals surface area (Å²) in [5, 5.41) is 10.7. The maximum Gasteiger partial charge on any atom is 0.249 e. The van der Waals surface area contributed by atoms with E-state index in [2.05, 4.69) is 15.7 Å². The number of nitrogens with one attached hydrogen (secondary N) is 2. The SMILES string of the molecule is Cn1nc2c(c1NC(=O)/C=C/c1ccccc1)CNCC2. The van der Waals surface area contributed by atoms with Crippen LogP contribution in [-0.4, -0.2) is 22.2 Å². The van der Waals surface area contributed by atoms with Gasteiger partial charge in [0.05, 0.1) is 5.69 Å². The van der Waals surface area contributed by atoms with Gasteiger partial charge < -0.3 is 10.6 Å². The number of benzene rings is 1. The molecule has 5 heteroatoms. The van der Waals surface area contributed by atoms with Crippen molar-refractivity contribution in [3.63, 3.8) is 0 Å². The molecule has 0 unspecified atom stereocenters. The van der Waals surface area contributed by atoms with Crippen LogP contribution in [0.25, 0.3) is 6.08 Å². The number of carbonyl (C=O) groups excluding carboxylic acids is 1. The molecule has 3 rings (SSSR count). The molecular weight excluding hydrogens is 264 g/mol. The molecule has 0 saturated carbocycles. The van der Waals surface area contributed by atoms with Gasteiger partial charge in [-0.3, -0.25) is 9.48 Å². The van der Waals surface area contributed by atoms with Crippen LogP contribution in [0, 0.1) is 0 Å². The van der Waals surface area contributed by atoms with Crippen LogP contribution in [0.1, 0.15) is 16.8 Å². The molecule has 0 saturated heterocycles. The van der Waals surface area contributed by atoms with E-state index in [1.807, 2.05) is 37.4 Å². The Morgan fingerprint density at radius 2 is 2.19 bits per heavy atom. The van der Waals surface area contributed by atoms with Gasteiger partial charge in [0.2, 0.25) is 5.91 Å². The average molecular weight is 282 g/mol. The highest BCUT2D eigenvalue weighted by Gasteiger charge is 2.19. The zero-order valence-corrected chi connectivity index (χ0v) is 12.0. The predicted molar refractivity (Wildman–Crippen MR) is 82.7 cm³/mol. The minimum atomic E-state index is -0.143. The molecule has 0 aliphatic carbocycles. The molecule has 108 valence electrons. The van der Waals surface area contributed by atoms with Crippen LogP contribution in [0.15, 0.2) is 36.4 Å². The van der Waals surface area contributed by atoms with Crippen molar-refractivity contribution in [2.45, 2.75) is 13.0 Å². The third kappa shape index (κ3) is 3.03. The van der Waals surface area contributed by atoms with Crippen molar-refractivity contribution in [3.8, 4) is 0 Å². The van der Waals surface area contributed by atoms with Gasteiger partial charge in [-0.15, -0.1) is 0 Å². The summed E-state index contributed by atoms with van der Waals surface area (Å²) in [6.45, 7) is 1.69. The van der Waals surface area contributed by atoms with E-state index in [4.69, 9.17) is 0 Å². The predicted octanol–water partition coefficient (Wildman–Crippen LogP) is 1.72. The van der Waals surface area contributed by atoms with Crippen LogP contribution >= 0.6 is 0 Å². The van der Waals surface area contributed by atoms with E-state index >= 15 is 0 Å². The molecular formula is C16H18N4O. The van der Waals surface area contributed by atoms with E-state index in [-0.39, 0.29) is 5.91 Å². The molecule has 2 heterocycles. The van der Waals surface area contributed by atoms with Gasteiger partial charge in [-0.05, 0) is 11.6 Å². The Balaban J connectivity index is 1.73. The molecule has 1 aliphatic heterocycles. The first-order valence-electron chi connectivity index (χ1n) is 7.03. The van der Waals surface area contributed by atoms with Crippen molar-refractivity contribution >= 4 is 17.8 Å². The monoisotopic (exact) mass is 282 g/mol. The summed E-state index contributed by atoms with van der Waals surface area (Å²) >= 11 is 0. The molecule has 0 atom stereocenters. The molecule has 2 N–H and O–H groups in total. The lowest BCUT2D eigenvalue weighted by atomic mass is 10.1. The number of nitrogens with zero attached hydrogens (tertiary/aromatic N) is 2. The maximum atomic E-state index is 12.1. The highest BCUT2D eigenvalue weighted by molar-refractivity contribution is 6.01. The zero-order valence-electron chi connectivity index (χ0n) is 12.0. The number of anilines is 1. The second kappa shape index (κ2) is 5.93. The van der Waals surface area contributed by atoms with E-state index in [1.165, 1.54) is 0 Å². The van der Waals surface area contributed by atoms with E-state index in [1.54, 1.807) is 16.8 Å². The van der Waals surface area contributed by atoms with Gasteiger partial charge in [-0.1, -0.05) is 30.3 Å². The van der Waals surface area contributed by atoms with Crippen molar-refractivity contribution in [3.05, 3.63) is 53.2 Å². The number of aryl methyl sites for hydroxylation is 1. The number of aromatic nitrogens is 2. The standard InChI is InChI=1S/C16H18N4O/c1-20-16(13-11-17-10-9-14(13)19-20)18-15(21)8-7-12-5-3-2-4-6-12/h2-8,17H,9-11H2,1H3,(H,18,21)/b8-7+. The maximum absolute atomic E-state index is 12.1. The fraction of sp³-hybridized carbons (Fsp3) is 0.250. The fourth-order valence-electron chi connectivity index (χ4n) is 2.48. The summed E-state index contributed by atoms with van der Waals surface area (Å²) in [7, 11) is 1.86. The van der Waals surface area contributed by atoms with Crippen LogP contribution < -0.4 is 10.6 Å². The molecule has 2 aromatic rings. The molecule has 5 nitrogen and oxygen atoms in total. The van der Waals surface area contributed by atoms with Crippen LogP contribution in [0.2, 0.25) is 0 Å². The van der Waals surface area contributed by atoms with Crippen molar-refractivity contribution in [2.75, 3.05) is 11.9 Å². The topological polar surface area (TPSA) is 59.0 Å². The molecule has 21 heavy (non-hydrogen) atoms. The van der Waals surface area contributed by atoms with Crippen molar-refractivity contribution in [1.82, 2.24) is 15.1 Å². The molecule has 1 aromatic heterocycles. The third-order valence-electron chi connectivity index (χ3n) is 3.54. The summed E-state index contributed by atoms with van der Waals surface area (Å²) < 4.78 is 1.74. The third-order valence-corrected chi connectivity index (χ3v) is 3.54. The molecule has 1 aliphatic rings. The highest BCUT2D eigenvalue weighted by Crippen LogP contribution is 2.22. The van der Waals surface area contributed by atoms with E-state index < -0.39 is 0 Å². The lowest BCUT2D eigenvalue weighted by molar-refractivity contribution is -0.111. The lowest BCUT2D eigenvalue weighted by Crippen LogP contribution is -2.24. The second-order valence-electron chi connectivity index (χ2n) is 5.06. The number of rotatable bonds is 3. The van der Waals surface area contributed by atoms with E-state index in [9.17, 15) is 4.79 Å². The molecule has 0 spiro atoms. The first-order chi connectivity index (χ1) is 10.2. The highest BCUT2D eigenvalue weighted by atomic mass is 16.1. The lowest BCUT2D eigenvalue weighted by Gasteiger charge is -2.12. The Morgan fingerprint density at radius 1 is 1.38 bits per heavy atom. The number of hydrogen-bond donors (Lipinski definition) is 2. The minimum absolute atomic E-state index is 0.143. The van der Waals surface area contributed by atoms with Gasteiger partial charge in [0, 0.05) is 38.2 Å². The van der Waals surface area contributed by atoms with Crippen LogP contribution in [0.4, 0.5) is 5.82 Å². The van der Waals surface area contributed by atoms with Gasteiger partial charge in [0.1, 0.15) is 5.82 Å². The quantitative estimate of drug-likeness (QED) is 0.843. The minimum Gasteiger partial charge on any atom is -0.312 e. The molecule has 0 fully saturated rings. The van der Waals surface area contributed by atoms with E-state index in [0.29, 0.717) is 0 Å². The average Bonchev–Trinajstić information content (AvgIpc) is 2.82. The first kappa shape index (κ1) is 13.6. The molecule has 0 bridgehead atoms. The number of carbonyl (C=O) groups is 1. The van der Waals surface area contributed by atoms with E-state index in [0.717, 1.165) is 42.1 Å². The summed E-state index contributed by atoms with van der Waals surface area (Å²) in [6, 6.07) is 9.76. The number of amides is 1. The first-order valence-corrected chi connectivity index (χ1v) is 7.03. The van der Waals surface area contributed by atoms with Crippen LogP contribution in [-0.2, 0) is 24.8 Å². The molecule has 1 aromatic carbocycles. The Labute approximate surface area is 123 Å². The van der Waals surface area contributed by atoms with Gasteiger partial charge in [0.25, 0.3) is 0 Å². The summed E-state index contributed by atoms with van der Waals surface area (Å²) in [5.74, 6) is 0.634. The second-order valence-corrected chi connectivity index (χ2v) is 5.06. The van der Waals surface area contributed by atoms with Gasteiger partial charge in [-0.25, -0.2) is 0 Å². The van der Waals surface area contributed by atoms with Crippen molar-refractivity contribution in [2.24, 2.45) is 7.05 Å². The normalized spacial score (nSPS) is 14.1. The molecule has 1 amide bonds. The van der Waals surface area contributed by atoms with Gasteiger partial charge >= 0.3 is 0 Å². The Kier molecular flexibility index (Phi) is 3.83. The van der Waals surface area contributed by atoms with Gasteiger partial charge in [0.15, 0.2) is 0 Å². The number of hydrogen-bond acceptors (Lipinski definition) is 3. The summed E-state index contributed by atoms with van der Waals surface area (Å²) in [6.07, 6.45) is 4.25. The Morgan fingerprint density at radius 3 is 3.00 bits per heavy atom. The smallest absolute Gasteiger partial charge is 0.249 e. The summed E-state index contributed by atoms with van der Waals surface area (Å²) in [4.78, 5) is 12.1. The fourth-order valence-corrected chi connectivity index (χ4v) is 2.48. The zero-order chi connectivity index (χ0) is 14.7. The van der Waals surface area contributed by atoms with Crippen molar-refractivity contribution < 1.29 is 4.79 Å². The largest absolute Gasteiger partial charge is 0.312 e. The van der Waals surface area contributed by atoms with Crippen LogP contribution in [0.3, 0.4) is 0 Å². The Bertz CT molecular complexity index is 673. The van der Waals surface area contributed by atoms with Crippen molar-refractivity contribution in [1.29, 1.82) is 0 Å². The number of fused-ring (bicyclic) bond motifs is 1. The van der Waals surface area contributed by atoms with Gasteiger partial charge in [-0.2, -0.15) is 5.10 Å². The summed E-state index contributed by atoms with van der Waals surface area (Å²) in [5.41, 5.74) is 3.16. The van der Waals surface area contributed by atoms with Crippen LogP contribution in [0.5, 0.6) is 0 Å².